The van der Waals surface area contributed by atoms with Crippen LogP contribution in [0.4, 0.5) is 0 Å². The Morgan fingerprint density at radius 1 is 1.39 bits per heavy atom. The van der Waals surface area contributed by atoms with Gasteiger partial charge in [0.1, 0.15) is 17.8 Å². The first-order valence-electron chi connectivity index (χ1n) is 6.15. The summed E-state index contributed by atoms with van der Waals surface area (Å²) in [5, 5.41) is 28.7. The summed E-state index contributed by atoms with van der Waals surface area (Å²) in [6.07, 6.45) is -2.51. The number of nitrogens with zero attached hydrogens (tertiary/aromatic N) is 1. The Labute approximate surface area is 174 Å². The number of hydrogen-bond donors (Lipinski definition) is 5. The molecule has 124 valence electrons. The number of pyridine rings is 1. The van der Waals surface area contributed by atoms with Crippen LogP contribution >= 0.6 is 7.82 Å². The molecular formula is C11H16KNO9P+. The van der Waals surface area contributed by atoms with Gasteiger partial charge in [-0.05, 0) is 6.07 Å². The van der Waals surface area contributed by atoms with E-state index >= 15 is 0 Å². The van der Waals surface area contributed by atoms with Crippen molar-refractivity contribution in [3.05, 3.63) is 30.1 Å². The Bertz CT molecular complexity index is 615. The number of aromatic carboxylic acids is 1. The van der Waals surface area contributed by atoms with Gasteiger partial charge in [-0.2, -0.15) is 4.57 Å². The summed E-state index contributed by atoms with van der Waals surface area (Å²) >= 11 is 0. The second-order valence-electron chi connectivity index (χ2n) is 4.68. The molecule has 0 saturated carbocycles. The van der Waals surface area contributed by atoms with Crippen LogP contribution in [0.2, 0.25) is 0 Å². The molecule has 0 aromatic carbocycles. The maximum absolute atomic E-state index is 10.9. The van der Waals surface area contributed by atoms with E-state index in [2.05, 4.69) is 4.52 Å². The van der Waals surface area contributed by atoms with Gasteiger partial charge in [0, 0.05) is 6.07 Å². The molecule has 1 aromatic rings. The molecule has 0 bridgehead atoms. The fraction of sp³-hybridized carbons (Fsp3) is 0.455. The zero-order chi connectivity index (χ0) is 16.5. The number of carbonyl (C=O) groups is 1. The van der Waals surface area contributed by atoms with Gasteiger partial charge in [-0.1, -0.05) is 0 Å². The maximum atomic E-state index is 10.9. The Balaban J connectivity index is 0.00000264. The molecule has 5 N–H and O–H groups in total. The van der Waals surface area contributed by atoms with Gasteiger partial charge in [-0.25, -0.2) is 9.36 Å². The normalized spacial score (nSPS) is 27.5. The van der Waals surface area contributed by atoms with Gasteiger partial charge in [0.15, 0.2) is 18.5 Å². The molecule has 0 aliphatic carbocycles. The van der Waals surface area contributed by atoms with Gasteiger partial charge in [-0.15, -0.1) is 0 Å². The predicted molar refractivity (Wildman–Crippen MR) is 68.6 cm³/mol. The largest absolute Gasteiger partial charge is 1.00 e. The minimum atomic E-state index is -4.73. The van der Waals surface area contributed by atoms with Gasteiger partial charge < -0.3 is 31.3 Å². The van der Waals surface area contributed by atoms with Crippen LogP contribution in [0.15, 0.2) is 24.5 Å². The molecule has 0 spiro atoms. The number of aliphatic hydroxyl groups excluding tert-OH is 2. The van der Waals surface area contributed by atoms with E-state index in [0.29, 0.717) is 0 Å². The molecule has 1 aromatic heterocycles. The zero-order valence-electron chi connectivity index (χ0n) is 13.1. The van der Waals surface area contributed by atoms with Gasteiger partial charge in [0.2, 0.25) is 0 Å². The quantitative estimate of drug-likeness (QED) is 0.194. The fourth-order valence-corrected chi connectivity index (χ4v) is 2.40. The first-order chi connectivity index (χ1) is 10.2. The molecular weight excluding hydrogens is 360 g/mol. The molecule has 23 heavy (non-hydrogen) atoms. The van der Waals surface area contributed by atoms with Gasteiger partial charge in [-0.3, -0.25) is 4.52 Å². The SMILES string of the molecule is O=C(O)c1ccc[n+]([C@@H]2O[C@H](COP(=O)(O)O)[C@@H](O)[C@H]2O)c1.[H-].[K+]. The van der Waals surface area contributed by atoms with Gasteiger partial charge >= 0.3 is 65.2 Å². The van der Waals surface area contributed by atoms with E-state index in [9.17, 15) is 19.6 Å². The minimum Gasteiger partial charge on any atom is -1.00 e. The average Bonchev–Trinajstić information content (AvgIpc) is 2.72. The van der Waals surface area contributed by atoms with E-state index in [0.717, 1.165) is 0 Å². The first kappa shape index (κ1) is 21.3. The second kappa shape index (κ2) is 8.56. The molecule has 2 heterocycles. The van der Waals surface area contributed by atoms with Crippen molar-refractivity contribution >= 4 is 13.8 Å². The van der Waals surface area contributed by atoms with Crippen molar-refractivity contribution < 1.29 is 101 Å². The average molecular weight is 376 g/mol. The van der Waals surface area contributed by atoms with Crippen molar-refractivity contribution in [1.29, 1.82) is 0 Å². The Hall–Kier alpha value is 0.246. The third-order valence-electron chi connectivity index (χ3n) is 3.11. The number of carboxylic acids is 1. The van der Waals surface area contributed by atoms with Crippen molar-refractivity contribution in [2.24, 2.45) is 0 Å². The summed E-state index contributed by atoms with van der Waals surface area (Å²) < 4.78 is 21.4. The summed E-state index contributed by atoms with van der Waals surface area (Å²) in [6.45, 7) is -0.627. The number of hydrogen-bond acceptors (Lipinski definition) is 6. The third-order valence-corrected chi connectivity index (χ3v) is 3.59. The molecule has 1 saturated heterocycles. The molecule has 1 aliphatic heterocycles. The van der Waals surface area contributed by atoms with Crippen LogP contribution in [0.3, 0.4) is 0 Å². The van der Waals surface area contributed by atoms with Crippen LogP contribution < -0.4 is 56.0 Å². The molecule has 0 amide bonds. The fourth-order valence-electron chi connectivity index (χ4n) is 2.06. The summed E-state index contributed by atoms with van der Waals surface area (Å²) in [7, 11) is -4.73. The Morgan fingerprint density at radius 2 is 2.04 bits per heavy atom. The predicted octanol–water partition coefficient (Wildman–Crippen LogP) is -4.48. The number of phosphoric ester groups is 1. The summed E-state index contributed by atoms with van der Waals surface area (Å²) in [5.74, 6) is -1.18. The molecule has 4 atom stereocenters. The van der Waals surface area contributed by atoms with Crippen LogP contribution in [0.5, 0.6) is 0 Å². The maximum Gasteiger partial charge on any atom is 1.00 e. The Kier molecular flexibility index (Phi) is 7.93. The van der Waals surface area contributed by atoms with E-state index in [1.165, 1.54) is 29.1 Å². The molecule has 12 heteroatoms. The number of ether oxygens (including phenoxy) is 1. The molecule has 10 nitrogen and oxygen atoms in total. The van der Waals surface area contributed by atoms with Gasteiger partial charge in [0.25, 0.3) is 6.23 Å². The monoisotopic (exact) mass is 376 g/mol. The second-order valence-corrected chi connectivity index (χ2v) is 5.92. The molecule has 2 rings (SSSR count). The topological polar surface area (TPSA) is 158 Å². The van der Waals surface area contributed by atoms with Crippen molar-refractivity contribution in [3.8, 4) is 0 Å². The molecule has 0 radical (unpaired) electrons. The van der Waals surface area contributed by atoms with E-state index in [1.54, 1.807) is 0 Å². The van der Waals surface area contributed by atoms with Crippen molar-refractivity contribution in [2.75, 3.05) is 6.61 Å². The Morgan fingerprint density at radius 3 is 2.61 bits per heavy atom. The van der Waals surface area contributed by atoms with Crippen LogP contribution in [0.25, 0.3) is 0 Å². The number of phosphoric acid groups is 1. The van der Waals surface area contributed by atoms with Crippen LogP contribution in [-0.4, -0.2) is 56.0 Å². The van der Waals surface area contributed by atoms with Gasteiger partial charge in [0.05, 0.1) is 6.61 Å². The number of aliphatic hydroxyl groups is 2. The zero-order valence-corrected chi connectivity index (χ0v) is 16.1. The summed E-state index contributed by atoms with van der Waals surface area (Å²) in [6, 6.07) is 2.76. The third kappa shape index (κ3) is 5.63. The molecule has 1 aliphatic rings. The minimum absolute atomic E-state index is 0. The molecule has 1 fully saturated rings. The van der Waals surface area contributed by atoms with Crippen LogP contribution in [-0.2, 0) is 13.8 Å². The van der Waals surface area contributed by atoms with E-state index in [4.69, 9.17) is 19.6 Å². The standard InChI is InChI=1S/C11H14NO9P.K.H/c13-8-7(5-20-22(17,18)19)21-10(9(8)14)12-3-1-2-6(4-12)11(15)16;;/h1-4,7-10,13-14H,5H2,(H2-,15,16,17,18,19);;/q;+1;-1/p+1/t7-,8-,9-,10-;;/m1../s1. The number of rotatable bonds is 5. The van der Waals surface area contributed by atoms with E-state index in [1.807, 2.05) is 0 Å². The summed E-state index contributed by atoms with van der Waals surface area (Å²) in [4.78, 5) is 28.2. The van der Waals surface area contributed by atoms with E-state index in [-0.39, 0.29) is 58.4 Å². The molecule has 0 unspecified atom stereocenters. The van der Waals surface area contributed by atoms with E-state index < -0.39 is 44.9 Å². The van der Waals surface area contributed by atoms with Crippen molar-refractivity contribution in [3.63, 3.8) is 0 Å². The first-order valence-corrected chi connectivity index (χ1v) is 7.68. The van der Waals surface area contributed by atoms with Crippen LogP contribution in [0, 0.1) is 0 Å². The number of aromatic nitrogens is 1. The summed E-state index contributed by atoms with van der Waals surface area (Å²) in [5.41, 5.74) is -0.0530. The van der Waals surface area contributed by atoms with Crippen molar-refractivity contribution in [2.45, 2.75) is 24.5 Å². The van der Waals surface area contributed by atoms with Crippen molar-refractivity contribution in [1.82, 2.24) is 0 Å². The number of carboxylic acid groups (broad SMARTS) is 1. The van der Waals surface area contributed by atoms with Crippen LogP contribution in [0.1, 0.15) is 18.0 Å². The smallest absolute Gasteiger partial charge is 1.00 e.